The summed E-state index contributed by atoms with van der Waals surface area (Å²) in [5, 5.41) is 10.6. The molecule has 7 heteroatoms. The molecule has 6 nitrogen and oxygen atoms in total. The largest absolute Gasteiger partial charge is 0.489 e. The van der Waals surface area contributed by atoms with Gasteiger partial charge < -0.3 is 19.9 Å². The van der Waals surface area contributed by atoms with E-state index in [1.54, 1.807) is 6.08 Å². The summed E-state index contributed by atoms with van der Waals surface area (Å²) >= 11 is 0. The summed E-state index contributed by atoms with van der Waals surface area (Å²) in [7, 11) is 0. The van der Waals surface area contributed by atoms with Crippen LogP contribution in [-0.2, 0) is 13.0 Å². The Kier molecular flexibility index (Phi) is 10.5. The van der Waals surface area contributed by atoms with Gasteiger partial charge in [0.05, 0.1) is 12.2 Å². The Bertz CT molecular complexity index is 724. The fourth-order valence-corrected chi connectivity index (χ4v) is 2.59. The number of aliphatic imine (C=N–C) groups is 1. The van der Waals surface area contributed by atoms with Crippen molar-refractivity contribution in [2.45, 2.75) is 33.7 Å². The number of nitrogens with one attached hydrogen (secondary N) is 2. The van der Waals surface area contributed by atoms with Gasteiger partial charge in [0.15, 0.2) is 5.96 Å². The minimum absolute atomic E-state index is 0. The van der Waals surface area contributed by atoms with Crippen molar-refractivity contribution in [3.05, 3.63) is 59.5 Å². The molecule has 2 aromatic rings. The Hall–Kier alpha value is -2.03. The minimum Gasteiger partial charge on any atom is -0.489 e. The Morgan fingerprint density at radius 3 is 2.74 bits per heavy atom. The summed E-state index contributed by atoms with van der Waals surface area (Å²) in [6.07, 6.45) is 2.57. The van der Waals surface area contributed by atoms with E-state index < -0.39 is 0 Å². The van der Waals surface area contributed by atoms with E-state index in [9.17, 15) is 0 Å². The molecule has 2 N–H and O–H groups in total. The number of aromatic nitrogens is 1. The van der Waals surface area contributed by atoms with Gasteiger partial charge in [-0.1, -0.05) is 36.0 Å². The molecular formula is C20H29IN4O2. The highest BCUT2D eigenvalue weighted by atomic mass is 127. The molecule has 1 aromatic heterocycles. The third kappa shape index (κ3) is 7.24. The van der Waals surface area contributed by atoms with Crippen molar-refractivity contribution in [3.8, 4) is 5.75 Å². The lowest BCUT2D eigenvalue weighted by atomic mass is 10.1. The maximum Gasteiger partial charge on any atom is 0.191 e. The van der Waals surface area contributed by atoms with E-state index in [2.05, 4.69) is 27.4 Å². The third-order valence-electron chi connectivity index (χ3n) is 3.93. The van der Waals surface area contributed by atoms with E-state index >= 15 is 0 Å². The number of hydrogen-bond acceptors (Lipinski definition) is 4. The van der Waals surface area contributed by atoms with Gasteiger partial charge in [-0.15, -0.1) is 24.0 Å². The molecule has 1 heterocycles. The first-order valence-electron chi connectivity index (χ1n) is 8.91. The SMILES string of the molecule is C=CCOc1ccccc1CN=C(NCC)NCCc1c(C)noc1C.I. The molecule has 0 radical (unpaired) electrons. The number of halogens is 1. The van der Waals surface area contributed by atoms with Crippen LogP contribution < -0.4 is 15.4 Å². The highest BCUT2D eigenvalue weighted by Gasteiger charge is 2.09. The molecule has 0 saturated heterocycles. The van der Waals surface area contributed by atoms with E-state index in [1.165, 1.54) is 0 Å². The summed E-state index contributed by atoms with van der Waals surface area (Å²) in [4.78, 5) is 4.67. The standard InChI is InChI=1S/C20H28N4O2.HI/c1-5-13-25-19-10-8-7-9-17(19)14-23-20(21-6-2)22-12-11-18-15(3)24-26-16(18)4;/h5,7-10H,1,6,11-14H2,2-4H3,(H2,21,22,23);1H. The number of rotatable bonds is 9. The minimum atomic E-state index is 0. The fourth-order valence-electron chi connectivity index (χ4n) is 2.59. The van der Waals surface area contributed by atoms with E-state index in [0.717, 1.165) is 53.8 Å². The molecule has 0 aliphatic carbocycles. The van der Waals surface area contributed by atoms with Crippen LogP contribution in [0.2, 0.25) is 0 Å². The van der Waals surface area contributed by atoms with Crippen molar-refractivity contribution in [1.29, 1.82) is 0 Å². The molecule has 27 heavy (non-hydrogen) atoms. The van der Waals surface area contributed by atoms with Crippen LogP contribution in [0.3, 0.4) is 0 Å². The summed E-state index contributed by atoms with van der Waals surface area (Å²) < 4.78 is 10.9. The highest BCUT2D eigenvalue weighted by molar-refractivity contribution is 14.0. The van der Waals surface area contributed by atoms with Crippen molar-refractivity contribution < 1.29 is 9.26 Å². The summed E-state index contributed by atoms with van der Waals surface area (Å²) in [6, 6.07) is 7.92. The predicted molar refractivity (Wildman–Crippen MR) is 120 cm³/mol. The fraction of sp³-hybridized carbons (Fsp3) is 0.400. The van der Waals surface area contributed by atoms with Crippen LogP contribution in [0, 0.1) is 13.8 Å². The molecular weight excluding hydrogens is 455 g/mol. The van der Waals surface area contributed by atoms with Gasteiger partial charge in [0, 0.05) is 24.2 Å². The van der Waals surface area contributed by atoms with Crippen molar-refractivity contribution in [2.24, 2.45) is 4.99 Å². The molecule has 0 unspecified atom stereocenters. The summed E-state index contributed by atoms with van der Waals surface area (Å²) in [5.74, 6) is 2.49. The second-order valence-electron chi connectivity index (χ2n) is 5.88. The van der Waals surface area contributed by atoms with E-state index in [0.29, 0.717) is 13.2 Å². The lowest BCUT2D eigenvalue weighted by Crippen LogP contribution is -2.38. The van der Waals surface area contributed by atoms with Crippen LogP contribution in [0.15, 0.2) is 46.4 Å². The zero-order valence-corrected chi connectivity index (χ0v) is 18.6. The van der Waals surface area contributed by atoms with Crippen LogP contribution in [0.4, 0.5) is 0 Å². The van der Waals surface area contributed by atoms with E-state index in [-0.39, 0.29) is 24.0 Å². The average molecular weight is 484 g/mol. The molecule has 0 aliphatic rings. The van der Waals surface area contributed by atoms with Crippen molar-refractivity contribution in [3.63, 3.8) is 0 Å². The van der Waals surface area contributed by atoms with Crippen molar-refractivity contribution in [1.82, 2.24) is 15.8 Å². The van der Waals surface area contributed by atoms with Crippen LogP contribution in [0.5, 0.6) is 5.75 Å². The summed E-state index contributed by atoms with van der Waals surface area (Å²) in [5.41, 5.74) is 3.13. The van der Waals surface area contributed by atoms with Crippen molar-refractivity contribution >= 4 is 29.9 Å². The van der Waals surface area contributed by atoms with Gasteiger partial charge >= 0.3 is 0 Å². The van der Waals surface area contributed by atoms with Crippen LogP contribution >= 0.6 is 24.0 Å². The van der Waals surface area contributed by atoms with Gasteiger partial charge in [0.25, 0.3) is 0 Å². The molecule has 148 valence electrons. The first-order chi connectivity index (χ1) is 12.7. The van der Waals surface area contributed by atoms with Gasteiger partial charge in [-0.05, 0) is 33.3 Å². The zero-order valence-electron chi connectivity index (χ0n) is 16.2. The summed E-state index contributed by atoms with van der Waals surface area (Å²) in [6.45, 7) is 12.2. The lowest BCUT2D eigenvalue weighted by molar-refractivity contribution is 0.359. The molecule has 1 aromatic carbocycles. The van der Waals surface area contributed by atoms with Gasteiger partial charge in [0.1, 0.15) is 18.1 Å². The van der Waals surface area contributed by atoms with E-state index in [1.807, 2.05) is 45.0 Å². The Balaban J connectivity index is 0.00000364. The highest BCUT2D eigenvalue weighted by Crippen LogP contribution is 2.18. The molecule has 0 amide bonds. The Morgan fingerprint density at radius 1 is 1.30 bits per heavy atom. The monoisotopic (exact) mass is 484 g/mol. The maximum atomic E-state index is 5.69. The van der Waals surface area contributed by atoms with Crippen molar-refractivity contribution in [2.75, 3.05) is 19.7 Å². The number of aryl methyl sites for hydroxylation is 2. The second-order valence-corrected chi connectivity index (χ2v) is 5.88. The number of guanidine groups is 1. The Labute approximate surface area is 178 Å². The third-order valence-corrected chi connectivity index (χ3v) is 3.93. The zero-order chi connectivity index (χ0) is 18.8. The molecule has 0 spiro atoms. The van der Waals surface area contributed by atoms with Gasteiger partial charge in [-0.25, -0.2) is 4.99 Å². The molecule has 0 fully saturated rings. The van der Waals surface area contributed by atoms with E-state index in [4.69, 9.17) is 9.26 Å². The quantitative estimate of drug-likeness (QED) is 0.246. The maximum absolute atomic E-state index is 5.69. The van der Waals surface area contributed by atoms with Crippen LogP contribution in [0.1, 0.15) is 29.5 Å². The smallest absolute Gasteiger partial charge is 0.191 e. The van der Waals surface area contributed by atoms with Gasteiger partial charge in [-0.3, -0.25) is 0 Å². The van der Waals surface area contributed by atoms with Gasteiger partial charge in [0.2, 0.25) is 0 Å². The number of nitrogens with zero attached hydrogens (tertiary/aromatic N) is 2. The number of para-hydroxylation sites is 1. The first-order valence-corrected chi connectivity index (χ1v) is 8.91. The Morgan fingerprint density at radius 2 is 2.07 bits per heavy atom. The lowest BCUT2D eigenvalue weighted by Gasteiger charge is -2.12. The molecule has 0 saturated carbocycles. The van der Waals surface area contributed by atoms with Crippen LogP contribution in [-0.4, -0.2) is 30.8 Å². The number of ether oxygens (including phenoxy) is 1. The molecule has 0 aliphatic heterocycles. The molecule has 0 atom stereocenters. The number of hydrogen-bond donors (Lipinski definition) is 2. The molecule has 0 bridgehead atoms. The predicted octanol–water partition coefficient (Wildman–Crippen LogP) is 3.77. The molecule has 2 rings (SSSR count). The normalized spacial score (nSPS) is 10.9. The topological polar surface area (TPSA) is 71.7 Å². The van der Waals surface area contributed by atoms with Gasteiger partial charge in [-0.2, -0.15) is 0 Å². The average Bonchev–Trinajstić information content (AvgIpc) is 2.97. The number of benzene rings is 1. The first kappa shape index (κ1) is 23.0. The van der Waals surface area contributed by atoms with Crippen LogP contribution in [0.25, 0.3) is 0 Å². The second kappa shape index (κ2) is 12.4.